The molecule has 2 aromatic heterocycles. The van der Waals surface area contributed by atoms with Crippen LogP contribution in [0, 0.1) is 0 Å². The van der Waals surface area contributed by atoms with Crippen molar-refractivity contribution in [1.29, 1.82) is 0 Å². The molecule has 140 valence electrons. The number of carbonyl (C=O) groups is 1. The number of benzene rings is 1. The van der Waals surface area contributed by atoms with Gasteiger partial charge in [-0.1, -0.05) is 12.8 Å². The minimum absolute atomic E-state index is 0.0135. The number of fused-ring (bicyclic) bond motifs is 1. The smallest absolute Gasteiger partial charge is 0.265 e. The third-order valence-electron chi connectivity index (χ3n) is 4.71. The van der Waals surface area contributed by atoms with Crippen molar-refractivity contribution in [2.75, 3.05) is 5.32 Å². The molecule has 0 aliphatic heterocycles. The van der Waals surface area contributed by atoms with Gasteiger partial charge in [0.1, 0.15) is 6.33 Å². The molecule has 0 saturated carbocycles. The Morgan fingerprint density at radius 1 is 1.15 bits per heavy atom. The highest BCUT2D eigenvalue weighted by Gasteiger charge is 2.16. The maximum atomic E-state index is 12.7. The molecular weight excluding hydrogens is 376 g/mol. The van der Waals surface area contributed by atoms with Crippen LogP contribution in [0.3, 0.4) is 0 Å². The third kappa shape index (κ3) is 4.42. The highest BCUT2D eigenvalue weighted by molar-refractivity contribution is 7.99. The Balaban J connectivity index is 1.42. The quantitative estimate of drug-likeness (QED) is 0.676. The predicted octanol–water partition coefficient (Wildman–Crippen LogP) is 4.94. The van der Waals surface area contributed by atoms with Gasteiger partial charge in [-0.15, -0.1) is 21.5 Å². The van der Waals surface area contributed by atoms with E-state index >= 15 is 0 Å². The van der Waals surface area contributed by atoms with E-state index in [4.69, 9.17) is 0 Å². The monoisotopic (exact) mass is 398 g/mol. The van der Waals surface area contributed by atoms with Crippen molar-refractivity contribution < 1.29 is 4.79 Å². The molecular formula is C20H22N4OS2. The van der Waals surface area contributed by atoms with E-state index in [0.29, 0.717) is 0 Å². The first kappa shape index (κ1) is 18.3. The average molecular weight is 399 g/mol. The van der Waals surface area contributed by atoms with E-state index in [0.717, 1.165) is 33.5 Å². The van der Waals surface area contributed by atoms with E-state index < -0.39 is 0 Å². The number of rotatable bonds is 4. The molecule has 7 heteroatoms. The van der Waals surface area contributed by atoms with Gasteiger partial charge in [0, 0.05) is 22.5 Å². The van der Waals surface area contributed by atoms with E-state index in [-0.39, 0.29) is 5.91 Å². The highest BCUT2D eigenvalue weighted by atomic mass is 32.2. The molecule has 0 saturated heterocycles. The van der Waals surface area contributed by atoms with Gasteiger partial charge >= 0.3 is 0 Å². The van der Waals surface area contributed by atoms with Gasteiger partial charge in [0.15, 0.2) is 5.16 Å². The van der Waals surface area contributed by atoms with Crippen molar-refractivity contribution in [3.63, 3.8) is 0 Å². The van der Waals surface area contributed by atoms with Crippen molar-refractivity contribution in [3.05, 3.63) is 52.0 Å². The van der Waals surface area contributed by atoms with Gasteiger partial charge in [-0.05, 0) is 73.3 Å². The van der Waals surface area contributed by atoms with Crippen LogP contribution < -0.4 is 5.32 Å². The highest BCUT2D eigenvalue weighted by Crippen LogP contribution is 2.30. The zero-order chi connectivity index (χ0) is 18.6. The largest absolute Gasteiger partial charge is 0.321 e. The molecule has 5 nitrogen and oxygen atoms in total. The second-order valence-corrected chi connectivity index (χ2v) is 8.96. The first-order valence-corrected chi connectivity index (χ1v) is 10.9. The number of thiophene rings is 1. The lowest BCUT2D eigenvalue weighted by molar-refractivity contribution is 0.103. The molecule has 1 aliphatic rings. The zero-order valence-corrected chi connectivity index (χ0v) is 16.9. The van der Waals surface area contributed by atoms with Crippen LogP contribution in [0.1, 0.15) is 45.8 Å². The Labute approximate surface area is 167 Å². The minimum Gasteiger partial charge on any atom is -0.321 e. The Morgan fingerprint density at radius 3 is 2.67 bits per heavy atom. The molecule has 1 N–H and O–H groups in total. The second-order valence-electron chi connectivity index (χ2n) is 6.78. The topological polar surface area (TPSA) is 59.8 Å². The Morgan fingerprint density at radius 2 is 1.93 bits per heavy atom. The van der Waals surface area contributed by atoms with Crippen LogP contribution in [0.4, 0.5) is 5.69 Å². The van der Waals surface area contributed by atoms with E-state index in [9.17, 15) is 4.79 Å². The molecule has 4 rings (SSSR count). The summed E-state index contributed by atoms with van der Waals surface area (Å²) in [4.78, 5) is 15.9. The standard InChI is InChI=1S/C20H22N4OS2/c1-24-13-21-23-20(24)26-16-10-8-15(9-11-16)22-19(25)18-12-14-6-4-2-3-5-7-17(14)27-18/h8-13H,2-7H2,1H3,(H,22,25). The predicted molar refractivity (Wildman–Crippen MR) is 110 cm³/mol. The number of amides is 1. The Kier molecular flexibility index (Phi) is 5.59. The van der Waals surface area contributed by atoms with E-state index in [2.05, 4.69) is 21.6 Å². The fourth-order valence-corrected chi connectivity index (χ4v) is 5.14. The van der Waals surface area contributed by atoms with Crippen molar-refractivity contribution in [2.45, 2.75) is 48.6 Å². The molecule has 0 atom stereocenters. The van der Waals surface area contributed by atoms with Crippen LogP contribution in [-0.2, 0) is 19.9 Å². The van der Waals surface area contributed by atoms with Crippen LogP contribution in [0.15, 0.2) is 46.7 Å². The second kappa shape index (κ2) is 8.27. The number of anilines is 1. The maximum absolute atomic E-state index is 12.7. The average Bonchev–Trinajstić information content (AvgIpc) is 3.23. The fourth-order valence-electron chi connectivity index (χ4n) is 3.23. The summed E-state index contributed by atoms with van der Waals surface area (Å²) < 4.78 is 1.88. The molecule has 1 aliphatic carbocycles. The van der Waals surface area contributed by atoms with Crippen LogP contribution in [0.25, 0.3) is 0 Å². The van der Waals surface area contributed by atoms with Crippen molar-refractivity contribution in [3.8, 4) is 0 Å². The van der Waals surface area contributed by atoms with Gasteiger partial charge < -0.3 is 9.88 Å². The molecule has 0 unspecified atom stereocenters. The first-order valence-electron chi connectivity index (χ1n) is 9.24. The van der Waals surface area contributed by atoms with Crippen LogP contribution in [0.5, 0.6) is 0 Å². The molecule has 0 fully saturated rings. The molecule has 0 radical (unpaired) electrons. The molecule has 3 aromatic rings. The van der Waals surface area contributed by atoms with Crippen LogP contribution in [0.2, 0.25) is 0 Å². The van der Waals surface area contributed by atoms with Gasteiger partial charge in [-0.3, -0.25) is 4.79 Å². The summed E-state index contributed by atoms with van der Waals surface area (Å²) >= 11 is 3.20. The summed E-state index contributed by atoms with van der Waals surface area (Å²) in [5, 5.41) is 11.8. The summed E-state index contributed by atoms with van der Waals surface area (Å²) in [6.07, 6.45) is 8.97. The molecule has 1 amide bonds. The summed E-state index contributed by atoms with van der Waals surface area (Å²) in [6.45, 7) is 0. The number of aromatic nitrogens is 3. The Bertz CT molecular complexity index is 904. The number of nitrogens with zero attached hydrogens (tertiary/aromatic N) is 3. The van der Waals surface area contributed by atoms with Gasteiger partial charge in [0.05, 0.1) is 4.88 Å². The van der Waals surface area contributed by atoms with E-state index in [1.165, 1.54) is 36.1 Å². The number of hydrogen-bond donors (Lipinski definition) is 1. The fraction of sp³-hybridized carbons (Fsp3) is 0.350. The zero-order valence-electron chi connectivity index (χ0n) is 15.3. The summed E-state index contributed by atoms with van der Waals surface area (Å²) in [5.41, 5.74) is 2.18. The molecule has 27 heavy (non-hydrogen) atoms. The summed E-state index contributed by atoms with van der Waals surface area (Å²) in [6, 6.07) is 9.94. The summed E-state index contributed by atoms with van der Waals surface area (Å²) in [5.74, 6) is -0.0135. The number of hydrogen-bond acceptors (Lipinski definition) is 5. The normalized spacial score (nSPS) is 14.3. The maximum Gasteiger partial charge on any atom is 0.265 e. The summed E-state index contributed by atoms with van der Waals surface area (Å²) in [7, 11) is 1.92. The number of aryl methyl sites for hydroxylation is 3. The van der Waals surface area contributed by atoms with Gasteiger partial charge in [0.2, 0.25) is 0 Å². The molecule has 0 bridgehead atoms. The van der Waals surface area contributed by atoms with Crippen LogP contribution in [-0.4, -0.2) is 20.7 Å². The van der Waals surface area contributed by atoms with Crippen molar-refractivity contribution in [2.24, 2.45) is 7.05 Å². The van der Waals surface area contributed by atoms with Gasteiger partial charge in [-0.25, -0.2) is 0 Å². The lowest BCUT2D eigenvalue weighted by Crippen LogP contribution is -2.09. The van der Waals surface area contributed by atoms with Crippen molar-refractivity contribution in [1.82, 2.24) is 14.8 Å². The molecule has 2 heterocycles. The SMILES string of the molecule is Cn1cnnc1Sc1ccc(NC(=O)c2cc3c(s2)CCCCCC3)cc1. The van der Waals surface area contributed by atoms with Gasteiger partial charge in [-0.2, -0.15) is 0 Å². The van der Waals surface area contributed by atoms with E-state index in [1.807, 2.05) is 35.9 Å². The Hall–Kier alpha value is -2.12. The van der Waals surface area contributed by atoms with E-state index in [1.54, 1.807) is 29.4 Å². The molecule has 0 spiro atoms. The van der Waals surface area contributed by atoms with Crippen LogP contribution >= 0.6 is 23.1 Å². The first-order chi connectivity index (χ1) is 13.2. The lowest BCUT2D eigenvalue weighted by atomic mass is 10.00. The van der Waals surface area contributed by atoms with Crippen molar-refractivity contribution >= 4 is 34.7 Å². The van der Waals surface area contributed by atoms with Gasteiger partial charge in [0.25, 0.3) is 5.91 Å². The minimum atomic E-state index is -0.0135. The lowest BCUT2D eigenvalue weighted by Gasteiger charge is -2.07. The number of carbonyl (C=O) groups excluding carboxylic acids is 1. The third-order valence-corrected chi connectivity index (χ3v) is 7.01. The molecule has 1 aromatic carbocycles. The number of nitrogens with one attached hydrogen (secondary N) is 1.